The van der Waals surface area contributed by atoms with Gasteiger partial charge in [0.25, 0.3) is 0 Å². The SMILES string of the molecule is CCN1C(N2CCC(c3cnc4ccc(-c5cnn(C)c5)cc4n3)CC2)=CC=NC1Cl. The van der Waals surface area contributed by atoms with E-state index in [0.717, 1.165) is 60.3 Å². The van der Waals surface area contributed by atoms with Gasteiger partial charge in [0.2, 0.25) is 0 Å². The van der Waals surface area contributed by atoms with E-state index >= 15 is 0 Å². The van der Waals surface area contributed by atoms with E-state index in [-0.39, 0.29) is 5.62 Å². The Balaban J connectivity index is 1.33. The minimum Gasteiger partial charge on any atom is -0.358 e. The molecule has 8 heteroatoms. The quantitative estimate of drug-likeness (QED) is 0.458. The lowest BCUT2D eigenvalue weighted by atomic mass is 9.93. The number of aryl methyl sites for hydroxylation is 1. The molecule has 1 fully saturated rings. The van der Waals surface area contributed by atoms with Gasteiger partial charge in [-0.25, -0.2) is 4.98 Å². The molecule has 0 bridgehead atoms. The number of alkyl halides is 1. The van der Waals surface area contributed by atoms with E-state index in [9.17, 15) is 0 Å². The highest BCUT2D eigenvalue weighted by Gasteiger charge is 2.28. The molecule has 0 amide bonds. The monoisotopic (exact) mass is 435 g/mol. The first-order valence-corrected chi connectivity index (χ1v) is 11.2. The summed E-state index contributed by atoms with van der Waals surface area (Å²) in [4.78, 5) is 18.5. The maximum Gasteiger partial charge on any atom is 0.198 e. The Morgan fingerprint density at radius 1 is 1.10 bits per heavy atom. The topological polar surface area (TPSA) is 62.4 Å². The first kappa shape index (κ1) is 20.0. The summed E-state index contributed by atoms with van der Waals surface area (Å²) in [7, 11) is 1.93. The highest BCUT2D eigenvalue weighted by atomic mass is 35.5. The van der Waals surface area contributed by atoms with Crippen molar-refractivity contribution in [2.75, 3.05) is 19.6 Å². The number of nitrogens with zero attached hydrogens (tertiary/aromatic N) is 7. The number of halogens is 1. The molecule has 0 N–H and O–H groups in total. The Bertz CT molecular complexity index is 1140. The Hall–Kier alpha value is -2.93. The minimum absolute atomic E-state index is 0.317. The first-order chi connectivity index (χ1) is 15.1. The summed E-state index contributed by atoms with van der Waals surface area (Å²) in [6, 6.07) is 6.23. The van der Waals surface area contributed by atoms with E-state index in [4.69, 9.17) is 16.6 Å². The van der Waals surface area contributed by atoms with Gasteiger partial charge >= 0.3 is 0 Å². The van der Waals surface area contributed by atoms with E-state index in [0.29, 0.717) is 5.92 Å². The summed E-state index contributed by atoms with van der Waals surface area (Å²) >= 11 is 6.37. The number of rotatable bonds is 4. The Kier molecular flexibility index (Phi) is 5.36. The maximum absolute atomic E-state index is 6.37. The van der Waals surface area contributed by atoms with E-state index in [1.165, 1.54) is 5.82 Å². The summed E-state index contributed by atoms with van der Waals surface area (Å²) in [5.41, 5.74) is 4.83. The van der Waals surface area contributed by atoms with Crippen LogP contribution >= 0.6 is 11.6 Å². The Morgan fingerprint density at radius 3 is 2.68 bits per heavy atom. The molecule has 1 unspecified atom stereocenters. The molecule has 0 aliphatic carbocycles. The van der Waals surface area contributed by atoms with Gasteiger partial charge < -0.3 is 9.80 Å². The molecule has 0 spiro atoms. The van der Waals surface area contributed by atoms with Gasteiger partial charge in [-0.05, 0) is 43.5 Å². The standard InChI is InChI=1S/C23H26ClN7/c1-3-31-22(6-9-25-23(31)24)30-10-7-16(8-11-30)21-14-26-19-5-4-17(12-20(19)28-21)18-13-27-29(2)15-18/h4-6,9,12-16,23H,3,7-8,10-11H2,1-2H3. The summed E-state index contributed by atoms with van der Waals surface area (Å²) < 4.78 is 1.81. The number of benzene rings is 1. The van der Waals surface area contributed by atoms with E-state index in [1.54, 1.807) is 0 Å². The molecule has 3 aromatic rings. The van der Waals surface area contributed by atoms with Crippen molar-refractivity contribution < 1.29 is 0 Å². The van der Waals surface area contributed by atoms with Gasteiger partial charge in [0, 0.05) is 56.8 Å². The molecular formula is C23H26ClN7. The molecule has 0 radical (unpaired) electrons. The number of hydrogen-bond acceptors (Lipinski definition) is 6. The lowest BCUT2D eigenvalue weighted by Gasteiger charge is -2.41. The van der Waals surface area contributed by atoms with Crippen molar-refractivity contribution in [1.29, 1.82) is 0 Å². The third-order valence-corrected chi connectivity index (χ3v) is 6.51. The van der Waals surface area contributed by atoms with Gasteiger partial charge in [-0.3, -0.25) is 14.7 Å². The summed E-state index contributed by atoms with van der Waals surface area (Å²) in [5.74, 6) is 1.58. The molecule has 2 aliphatic rings. The van der Waals surface area contributed by atoms with Gasteiger partial charge in [0.15, 0.2) is 5.62 Å². The zero-order valence-electron chi connectivity index (χ0n) is 17.8. The third-order valence-electron chi connectivity index (χ3n) is 6.16. The van der Waals surface area contributed by atoms with Crippen molar-refractivity contribution in [1.82, 2.24) is 29.5 Å². The van der Waals surface area contributed by atoms with Crippen molar-refractivity contribution in [2.45, 2.75) is 31.3 Å². The van der Waals surface area contributed by atoms with Crippen LogP contribution in [0.2, 0.25) is 0 Å². The molecule has 31 heavy (non-hydrogen) atoms. The predicted octanol–water partition coefficient (Wildman–Crippen LogP) is 3.98. The predicted molar refractivity (Wildman–Crippen MR) is 124 cm³/mol. The molecular weight excluding hydrogens is 410 g/mol. The summed E-state index contributed by atoms with van der Waals surface area (Å²) in [5, 5.41) is 4.28. The molecule has 1 saturated heterocycles. The fourth-order valence-corrected chi connectivity index (χ4v) is 4.75. The van der Waals surface area contributed by atoms with Crippen LogP contribution in [-0.4, -0.2) is 61.0 Å². The van der Waals surface area contributed by atoms with Crippen LogP contribution < -0.4 is 0 Å². The molecule has 7 nitrogen and oxygen atoms in total. The van der Waals surface area contributed by atoms with Crippen LogP contribution in [-0.2, 0) is 7.05 Å². The molecule has 5 rings (SSSR count). The highest BCUT2D eigenvalue weighted by Crippen LogP contribution is 2.31. The van der Waals surface area contributed by atoms with Crippen molar-refractivity contribution in [2.24, 2.45) is 12.0 Å². The molecule has 1 aromatic carbocycles. The van der Waals surface area contributed by atoms with E-state index in [2.05, 4.69) is 50.0 Å². The van der Waals surface area contributed by atoms with Crippen LogP contribution in [0.1, 0.15) is 31.4 Å². The molecule has 0 saturated carbocycles. The highest BCUT2D eigenvalue weighted by molar-refractivity contribution is 6.20. The zero-order chi connectivity index (χ0) is 21.4. The molecule has 1 atom stereocenters. The van der Waals surface area contributed by atoms with Gasteiger partial charge in [0.05, 0.1) is 22.9 Å². The van der Waals surface area contributed by atoms with Crippen LogP contribution in [0.15, 0.2) is 53.7 Å². The lowest BCUT2D eigenvalue weighted by molar-refractivity contribution is 0.170. The largest absolute Gasteiger partial charge is 0.358 e. The van der Waals surface area contributed by atoms with Crippen molar-refractivity contribution in [3.63, 3.8) is 0 Å². The minimum atomic E-state index is -0.317. The maximum atomic E-state index is 6.37. The molecule has 2 aliphatic heterocycles. The third kappa shape index (κ3) is 3.90. The number of aromatic nitrogens is 4. The average Bonchev–Trinajstić information content (AvgIpc) is 3.24. The number of allylic oxidation sites excluding steroid dienone is 1. The number of hydrogen-bond donors (Lipinski definition) is 0. The fraction of sp³-hybridized carbons (Fsp3) is 0.391. The van der Waals surface area contributed by atoms with Gasteiger partial charge in [-0.2, -0.15) is 5.10 Å². The Labute approximate surface area is 187 Å². The smallest absolute Gasteiger partial charge is 0.198 e. The van der Waals surface area contributed by atoms with Crippen molar-refractivity contribution >= 4 is 28.8 Å². The second-order valence-electron chi connectivity index (χ2n) is 8.08. The summed E-state index contributed by atoms with van der Waals surface area (Å²) in [6.07, 6.45) is 11.8. The average molecular weight is 436 g/mol. The van der Waals surface area contributed by atoms with Crippen LogP contribution in [0.25, 0.3) is 22.2 Å². The zero-order valence-corrected chi connectivity index (χ0v) is 18.6. The van der Waals surface area contributed by atoms with Crippen molar-refractivity contribution in [3.8, 4) is 11.1 Å². The second-order valence-corrected chi connectivity index (χ2v) is 8.47. The molecule has 2 aromatic heterocycles. The first-order valence-electron chi connectivity index (χ1n) is 10.8. The molecule has 160 valence electrons. The van der Waals surface area contributed by atoms with E-state index in [1.807, 2.05) is 42.6 Å². The van der Waals surface area contributed by atoms with Crippen LogP contribution in [0.4, 0.5) is 0 Å². The number of likely N-dealkylation sites (tertiary alicyclic amines) is 1. The van der Waals surface area contributed by atoms with Gasteiger partial charge in [0.1, 0.15) is 5.82 Å². The normalized spacial score (nSPS) is 19.8. The van der Waals surface area contributed by atoms with Crippen LogP contribution in [0.5, 0.6) is 0 Å². The second kappa shape index (κ2) is 8.30. The number of fused-ring (bicyclic) bond motifs is 1. The van der Waals surface area contributed by atoms with Crippen LogP contribution in [0.3, 0.4) is 0 Å². The number of aliphatic imine (C=N–C) groups is 1. The molecule has 4 heterocycles. The van der Waals surface area contributed by atoms with Crippen LogP contribution in [0, 0.1) is 0 Å². The fourth-order valence-electron chi connectivity index (χ4n) is 4.44. The van der Waals surface area contributed by atoms with Gasteiger partial charge in [-0.1, -0.05) is 17.7 Å². The number of piperidine rings is 1. The lowest BCUT2D eigenvalue weighted by Crippen LogP contribution is -2.43. The van der Waals surface area contributed by atoms with Gasteiger partial charge in [-0.15, -0.1) is 0 Å². The van der Waals surface area contributed by atoms with E-state index < -0.39 is 0 Å². The Morgan fingerprint density at radius 2 is 1.94 bits per heavy atom. The summed E-state index contributed by atoms with van der Waals surface area (Å²) in [6.45, 7) is 4.90. The van der Waals surface area contributed by atoms with Crippen molar-refractivity contribution in [3.05, 3.63) is 54.4 Å².